The second-order valence-corrected chi connectivity index (χ2v) is 14.4. The van der Waals surface area contributed by atoms with Gasteiger partial charge in [0.05, 0.1) is 18.4 Å². The lowest BCUT2D eigenvalue weighted by atomic mass is 9.83. The summed E-state index contributed by atoms with van der Waals surface area (Å²) in [7, 11) is -4.14. The molecule has 3 aromatic rings. The van der Waals surface area contributed by atoms with E-state index in [4.69, 9.17) is 0 Å². The van der Waals surface area contributed by atoms with Crippen LogP contribution in [0.15, 0.2) is 76.3 Å². The van der Waals surface area contributed by atoms with Crippen molar-refractivity contribution in [2.24, 2.45) is 5.92 Å². The molecular weight excluding hydrogens is 587 g/mol. The molecule has 1 aliphatic heterocycles. The summed E-state index contributed by atoms with van der Waals surface area (Å²) < 4.78 is 29.1. The summed E-state index contributed by atoms with van der Waals surface area (Å²) >= 11 is 1.05. The molecule has 5 rings (SSSR count). The van der Waals surface area contributed by atoms with Gasteiger partial charge in [-0.3, -0.25) is 14.4 Å². The number of hydrogen-bond acceptors (Lipinski definition) is 6. The van der Waals surface area contributed by atoms with Gasteiger partial charge in [0.25, 0.3) is 15.9 Å². The van der Waals surface area contributed by atoms with Gasteiger partial charge in [0.15, 0.2) is 6.17 Å². The number of carboxylic acid groups (broad SMARTS) is 1. The first-order valence-electron chi connectivity index (χ1n) is 14.7. The van der Waals surface area contributed by atoms with Gasteiger partial charge in [-0.15, -0.1) is 11.3 Å². The molecule has 1 saturated carbocycles. The molecule has 3 atom stereocenters. The van der Waals surface area contributed by atoms with E-state index in [1.54, 1.807) is 29.6 Å². The monoisotopic (exact) mass is 623 g/mol. The molecule has 1 aromatic heterocycles. The van der Waals surface area contributed by atoms with Crippen molar-refractivity contribution in [1.82, 2.24) is 14.5 Å². The van der Waals surface area contributed by atoms with Crippen molar-refractivity contribution in [2.45, 2.75) is 67.8 Å². The third-order valence-electron chi connectivity index (χ3n) is 8.36. The average Bonchev–Trinajstić information content (AvgIpc) is 3.73. The van der Waals surface area contributed by atoms with Crippen molar-refractivity contribution in [3.63, 3.8) is 0 Å². The number of aliphatic carboxylic acids is 1. The highest BCUT2D eigenvalue weighted by atomic mass is 32.2. The Hall–Kier alpha value is -3.54. The highest BCUT2D eigenvalue weighted by Crippen LogP contribution is 2.40. The van der Waals surface area contributed by atoms with Crippen LogP contribution in [-0.2, 0) is 24.4 Å². The van der Waals surface area contributed by atoms with Crippen molar-refractivity contribution in [3.8, 4) is 0 Å². The van der Waals surface area contributed by atoms with E-state index in [1.807, 2.05) is 43.3 Å². The average molecular weight is 624 g/mol. The highest BCUT2D eigenvalue weighted by molar-refractivity contribution is 7.91. The van der Waals surface area contributed by atoms with E-state index < -0.39 is 46.4 Å². The number of thiophene rings is 1. The molecule has 1 saturated heterocycles. The van der Waals surface area contributed by atoms with Gasteiger partial charge in [0, 0.05) is 13.1 Å². The first-order chi connectivity index (χ1) is 20.7. The molecule has 228 valence electrons. The number of carbonyl (C=O) groups excluding carboxylic acids is 2. The van der Waals surface area contributed by atoms with Crippen LogP contribution in [0.25, 0.3) is 0 Å². The molecule has 2 fully saturated rings. The van der Waals surface area contributed by atoms with E-state index >= 15 is 0 Å². The number of benzene rings is 2. The standard InChI is InChI=1S/C32H37N3O6S2/c1-22-10-7-15-25(20-22)26(21-27(36)37)33-30(38)31-34(17-9-18-35(31)43(40,41)28-16-8-19-42-28)32(39)29(24-13-5-6-14-24)23-11-3-2-4-12-23/h2-4,7-8,10-12,15-16,19-20,24,26,29,31H,5-6,9,13-14,17-18,21H2,1H3,(H,33,38)(H,36,37). The van der Waals surface area contributed by atoms with E-state index in [2.05, 4.69) is 5.32 Å². The van der Waals surface area contributed by atoms with Crippen LogP contribution < -0.4 is 5.32 Å². The zero-order valence-corrected chi connectivity index (χ0v) is 25.7. The zero-order chi connectivity index (χ0) is 30.6. The van der Waals surface area contributed by atoms with Gasteiger partial charge in [0.2, 0.25) is 5.91 Å². The van der Waals surface area contributed by atoms with E-state index in [1.165, 1.54) is 11.0 Å². The van der Waals surface area contributed by atoms with Crippen LogP contribution in [0.4, 0.5) is 0 Å². The predicted molar refractivity (Wildman–Crippen MR) is 164 cm³/mol. The van der Waals surface area contributed by atoms with Crippen molar-refractivity contribution >= 4 is 39.1 Å². The maximum Gasteiger partial charge on any atom is 0.305 e. The molecule has 2 aliphatic rings. The Morgan fingerprint density at radius 2 is 1.67 bits per heavy atom. The van der Waals surface area contributed by atoms with Crippen LogP contribution in [0, 0.1) is 12.8 Å². The number of aryl methyl sites for hydroxylation is 1. The summed E-state index contributed by atoms with van der Waals surface area (Å²) in [5.41, 5.74) is 2.33. The molecule has 43 heavy (non-hydrogen) atoms. The second-order valence-electron chi connectivity index (χ2n) is 11.3. The Labute approximate surface area is 256 Å². The van der Waals surface area contributed by atoms with Crippen LogP contribution in [0.5, 0.6) is 0 Å². The molecule has 0 radical (unpaired) electrons. The minimum absolute atomic E-state index is 0.0512. The van der Waals surface area contributed by atoms with Gasteiger partial charge in [-0.05, 0) is 54.7 Å². The van der Waals surface area contributed by atoms with Crippen LogP contribution in [0.3, 0.4) is 0 Å². The number of carboxylic acids is 1. The third-order valence-corrected chi connectivity index (χ3v) is 11.6. The number of nitrogens with one attached hydrogen (secondary N) is 1. The summed E-state index contributed by atoms with van der Waals surface area (Å²) in [5, 5.41) is 14.2. The lowest BCUT2D eigenvalue weighted by Gasteiger charge is -2.44. The molecule has 9 nitrogen and oxygen atoms in total. The molecule has 1 aliphatic carbocycles. The fraction of sp³-hybridized carbons (Fsp3) is 0.406. The summed E-state index contributed by atoms with van der Waals surface area (Å²) in [6, 6.07) is 18.9. The van der Waals surface area contributed by atoms with E-state index in [0.717, 1.165) is 52.5 Å². The van der Waals surface area contributed by atoms with Crippen LogP contribution >= 0.6 is 11.3 Å². The molecule has 2 heterocycles. The second kappa shape index (κ2) is 13.4. The third kappa shape index (κ3) is 6.84. The van der Waals surface area contributed by atoms with E-state index in [9.17, 15) is 27.9 Å². The van der Waals surface area contributed by atoms with Gasteiger partial charge in [-0.2, -0.15) is 4.31 Å². The number of hydrogen-bond donors (Lipinski definition) is 2. The first-order valence-corrected chi connectivity index (χ1v) is 17.0. The number of carbonyl (C=O) groups is 3. The molecule has 11 heteroatoms. The largest absolute Gasteiger partial charge is 0.481 e. The van der Waals surface area contributed by atoms with Crippen LogP contribution in [0.2, 0.25) is 0 Å². The van der Waals surface area contributed by atoms with Crippen LogP contribution in [0.1, 0.15) is 67.2 Å². The Bertz CT molecular complexity index is 1540. The summed E-state index contributed by atoms with van der Waals surface area (Å²) in [4.78, 5) is 42.1. The van der Waals surface area contributed by atoms with Crippen molar-refractivity contribution < 1.29 is 27.9 Å². The molecule has 0 spiro atoms. The van der Waals surface area contributed by atoms with E-state index in [-0.39, 0.29) is 29.1 Å². The number of rotatable bonds is 10. The van der Waals surface area contributed by atoms with Crippen molar-refractivity contribution in [1.29, 1.82) is 0 Å². The quantitative estimate of drug-likeness (QED) is 0.331. The molecule has 2 N–H and O–H groups in total. The van der Waals surface area contributed by atoms with Gasteiger partial charge in [-0.25, -0.2) is 8.42 Å². The Balaban J connectivity index is 1.55. The Morgan fingerprint density at radius 1 is 0.953 bits per heavy atom. The Kier molecular flexibility index (Phi) is 9.63. The number of nitrogens with zero attached hydrogens (tertiary/aromatic N) is 2. The SMILES string of the molecule is Cc1cccc(C(CC(=O)O)NC(=O)C2N(C(=O)C(c3ccccc3)C3CCCC3)CCCN2S(=O)(=O)c2cccs2)c1. The molecular formula is C32H37N3O6S2. The topological polar surface area (TPSA) is 124 Å². The molecule has 2 aromatic carbocycles. The first kappa shape index (κ1) is 30.9. The minimum atomic E-state index is -4.14. The van der Waals surface area contributed by atoms with Crippen molar-refractivity contribution in [2.75, 3.05) is 13.1 Å². The van der Waals surface area contributed by atoms with Crippen molar-refractivity contribution in [3.05, 3.63) is 88.8 Å². The minimum Gasteiger partial charge on any atom is -0.481 e. The maximum atomic E-state index is 14.6. The van der Waals surface area contributed by atoms with Gasteiger partial charge < -0.3 is 15.3 Å². The van der Waals surface area contributed by atoms with E-state index in [0.29, 0.717) is 12.0 Å². The lowest BCUT2D eigenvalue weighted by molar-refractivity contribution is -0.150. The van der Waals surface area contributed by atoms with Crippen LogP contribution in [-0.4, -0.2) is 59.8 Å². The fourth-order valence-corrected chi connectivity index (χ4v) is 9.10. The smallest absolute Gasteiger partial charge is 0.305 e. The van der Waals surface area contributed by atoms with Gasteiger partial charge in [-0.1, -0.05) is 79.1 Å². The highest BCUT2D eigenvalue weighted by Gasteiger charge is 2.47. The summed E-state index contributed by atoms with van der Waals surface area (Å²) in [5.74, 6) is -2.56. The summed E-state index contributed by atoms with van der Waals surface area (Å²) in [6.45, 7) is 2.12. The predicted octanol–water partition coefficient (Wildman–Crippen LogP) is 4.91. The molecule has 0 bridgehead atoms. The maximum absolute atomic E-state index is 14.6. The van der Waals surface area contributed by atoms with Gasteiger partial charge in [0.1, 0.15) is 4.21 Å². The lowest BCUT2D eigenvalue weighted by Crippen LogP contribution is -2.64. The normalized spacial score (nSPS) is 19.6. The number of amides is 2. The summed E-state index contributed by atoms with van der Waals surface area (Å²) in [6.07, 6.45) is 2.27. The molecule has 3 unspecified atom stereocenters. The fourth-order valence-electron chi connectivity index (χ4n) is 6.38. The molecule has 2 amide bonds. The Morgan fingerprint density at radius 3 is 2.33 bits per heavy atom. The number of sulfonamides is 1. The zero-order valence-electron chi connectivity index (χ0n) is 24.1. The van der Waals surface area contributed by atoms with Gasteiger partial charge >= 0.3 is 5.97 Å².